The van der Waals surface area contributed by atoms with E-state index in [1.165, 1.54) is 0 Å². The van der Waals surface area contributed by atoms with E-state index in [4.69, 9.17) is 11.6 Å². The van der Waals surface area contributed by atoms with Gasteiger partial charge in [0.15, 0.2) is 0 Å². The van der Waals surface area contributed by atoms with E-state index in [2.05, 4.69) is 32.8 Å². The zero-order chi connectivity index (χ0) is 9.97. The second-order valence-electron chi connectivity index (χ2n) is 2.75. The van der Waals surface area contributed by atoms with Crippen molar-refractivity contribution in [3.05, 3.63) is 45.1 Å². The third kappa shape index (κ3) is 2.22. The summed E-state index contributed by atoms with van der Waals surface area (Å²) in [5.41, 5.74) is 1.89. The minimum atomic E-state index is 0.729. The van der Waals surface area contributed by atoms with Crippen LogP contribution in [-0.2, 0) is 0 Å². The van der Waals surface area contributed by atoms with Crippen LogP contribution in [0.4, 0.5) is 0 Å². The summed E-state index contributed by atoms with van der Waals surface area (Å²) in [6, 6.07) is 11.4. The Labute approximate surface area is 100 Å². The van der Waals surface area contributed by atoms with Crippen LogP contribution >= 0.6 is 34.2 Å². The van der Waals surface area contributed by atoms with Crippen LogP contribution in [0.2, 0.25) is 5.02 Å². The molecule has 2 rings (SSSR count). The second-order valence-corrected chi connectivity index (χ2v) is 4.29. The summed E-state index contributed by atoms with van der Waals surface area (Å²) in [6.45, 7) is 0. The lowest BCUT2D eigenvalue weighted by molar-refractivity contribution is 1.01. The molecule has 1 heterocycles. The molecular weight excluding hydrogens is 310 g/mol. The van der Waals surface area contributed by atoms with Gasteiger partial charge in [-0.05, 0) is 46.9 Å². The number of nitrogens with zero attached hydrogens (tertiary/aromatic N) is 2. The Morgan fingerprint density at radius 2 is 1.64 bits per heavy atom. The van der Waals surface area contributed by atoms with Crippen molar-refractivity contribution in [2.45, 2.75) is 0 Å². The smallest absolute Gasteiger partial charge is 0.124 e. The Hall–Kier alpha value is -0.680. The van der Waals surface area contributed by atoms with Crippen LogP contribution < -0.4 is 0 Å². The molecule has 0 bridgehead atoms. The number of aromatic nitrogens is 2. The minimum Gasteiger partial charge on any atom is -0.149 e. The molecule has 1 aromatic heterocycles. The van der Waals surface area contributed by atoms with E-state index < -0.39 is 0 Å². The molecule has 2 nitrogen and oxygen atoms in total. The van der Waals surface area contributed by atoms with Crippen LogP contribution in [0.25, 0.3) is 11.3 Å². The predicted molar refractivity (Wildman–Crippen MR) is 65.2 cm³/mol. The summed E-state index contributed by atoms with van der Waals surface area (Å²) in [6.07, 6.45) is 0. The number of benzene rings is 1. The molecule has 0 saturated heterocycles. The topological polar surface area (TPSA) is 25.8 Å². The van der Waals surface area contributed by atoms with Gasteiger partial charge in [-0.3, -0.25) is 0 Å². The molecule has 1 aromatic carbocycles. The van der Waals surface area contributed by atoms with Crippen molar-refractivity contribution in [3.8, 4) is 11.3 Å². The Kier molecular flexibility index (Phi) is 2.98. The molecule has 0 atom stereocenters. The Morgan fingerprint density at radius 1 is 0.929 bits per heavy atom. The van der Waals surface area contributed by atoms with E-state index in [0.717, 1.165) is 20.0 Å². The standard InChI is InChI=1S/C10H6ClIN2/c11-8-3-1-7(2-4-8)9-5-6-10(12)14-13-9/h1-6H. The lowest BCUT2D eigenvalue weighted by Crippen LogP contribution is -1.88. The first-order valence-corrected chi connectivity index (χ1v) is 5.46. The lowest BCUT2D eigenvalue weighted by atomic mass is 10.1. The van der Waals surface area contributed by atoms with E-state index >= 15 is 0 Å². The number of hydrogen-bond acceptors (Lipinski definition) is 2. The van der Waals surface area contributed by atoms with Crippen LogP contribution in [0.3, 0.4) is 0 Å². The van der Waals surface area contributed by atoms with Gasteiger partial charge in [-0.15, -0.1) is 10.2 Å². The molecule has 0 aliphatic heterocycles. The van der Waals surface area contributed by atoms with Crippen molar-refractivity contribution in [1.29, 1.82) is 0 Å². The largest absolute Gasteiger partial charge is 0.149 e. The van der Waals surface area contributed by atoms with Gasteiger partial charge in [0.25, 0.3) is 0 Å². The highest BCUT2D eigenvalue weighted by Crippen LogP contribution is 2.18. The first kappa shape index (κ1) is 9.86. The van der Waals surface area contributed by atoms with Crippen molar-refractivity contribution < 1.29 is 0 Å². The van der Waals surface area contributed by atoms with Crippen molar-refractivity contribution in [1.82, 2.24) is 10.2 Å². The molecule has 0 N–H and O–H groups in total. The summed E-state index contributed by atoms with van der Waals surface area (Å²) >= 11 is 7.91. The van der Waals surface area contributed by atoms with E-state index in [-0.39, 0.29) is 0 Å². The summed E-state index contributed by atoms with van der Waals surface area (Å²) in [5, 5.41) is 8.79. The van der Waals surface area contributed by atoms with Gasteiger partial charge < -0.3 is 0 Å². The molecule has 70 valence electrons. The highest BCUT2D eigenvalue weighted by molar-refractivity contribution is 14.1. The molecule has 0 spiro atoms. The average Bonchev–Trinajstić information content (AvgIpc) is 2.21. The molecule has 2 aromatic rings. The fourth-order valence-corrected chi connectivity index (χ4v) is 1.50. The Bertz CT molecular complexity index is 381. The highest BCUT2D eigenvalue weighted by Gasteiger charge is 1.99. The summed E-state index contributed by atoms with van der Waals surface area (Å²) in [4.78, 5) is 0. The SMILES string of the molecule is Clc1ccc(-c2ccc(I)nn2)cc1. The fourth-order valence-electron chi connectivity index (χ4n) is 1.09. The number of hydrogen-bond donors (Lipinski definition) is 0. The molecule has 4 heteroatoms. The first-order valence-electron chi connectivity index (χ1n) is 4.01. The quantitative estimate of drug-likeness (QED) is 0.754. The van der Waals surface area contributed by atoms with Gasteiger partial charge in [0.05, 0.1) is 5.69 Å². The van der Waals surface area contributed by atoms with Gasteiger partial charge in [-0.25, -0.2) is 0 Å². The molecule has 0 aliphatic rings. The van der Waals surface area contributed by atoms with Gasteiger partial charge in [0.1, 0.15) is 3.70 Å². The van der Waals surface area contributed by atoms with Crippen molar-refractivity contribution in [2.24, 2.45) is 0 Å². The van der Waals surface area contributed by atoms with Crippen molar-refractivity contribution >= 4 is 34.2 Å². The predicted octanol–water partition coefficient (Wildman–Crippen LogP) is 3.40. The van der Waals surface area contributed by atoms with Gasteiger partial charge in [-0.2, -0.15) is 0 Å². The first-order chi connectivity index (χ1) is 6.75. The van der Waals surface area contributed by atoms with Crippen LogP contribution in [0.15, 0.2) is 36.4 Å². The third-order valence-electron chi connectivity index (χ3n) is 1.77. The number of halogens is 2. The van der Waals surface area contributed by atoms with Crippen LogP contribution in [-0.4, -0.2) is 10.2 Å². The van der Waals surface area contributed by atoms with Crippen molar-refractivity contribution in [2.75, 3.05) is 0 Å². The highest BCUT2D eigenvalue weighted by atomic mass is 127. The molecule has 14 heavy (non-hydrogen) atoms. The van der Waals surface area contributed by atoms with E-state index in [0.29, 0.717) is 0 Å². The fraction of sp³-hybridized carbons (Fsp3) is 0. The maximum Gasteiger partial charge on any atom is 0.124 e. The molecule has 0 radical (unpaired) electrons. The second kappa shape index (κ2) is 4.23. The molecule has 0 aliphatic carbocycles. The molecule has 0 fully saturated rings. The maximum absolute atomic E-state index is 5.79. The van der Waals surface area contributed by atoms with Gasteiger partial charge >= 0.3 is 0 Å². The lowest BCUT2D eigenvalue weighted by Gasteiger charge is -1.99. The van der Waals surface area contributed by atoms with E-state index in [1.807, 2.05) is 36.4 Å². The minimum absolute atomic E-state index is 0.729. The van der Waals surface area contributed by atoms with Gasteiger partial charge in [0, 0.05) is 10.6 Å². The zero-order valence-corrected chi connectivity index (χ0v) is 10.0. The molecule has 0 saturated carbocycles. The van der Waals surface area contributed by atoms with Gasteiger partial charge in [0.2, 0.25) is 0 Å². The van der Waals surface area contributed by atoms with Crippen LogP contribution in [0, 0.1) is 3.70 Å². The normalized spacial score (nSPS) is 10.1. The summed E-state index contributed by atoms with van der Waals surface area (Å²) < 4.78 is 0.889. The summed E-state index contributed by atoms with van der Waals surface area (Å²) in [5.74, 6) is 0. The maximum atomic E-state index is 5.79. The monoisotopic (exact) mass is 316 g/mol. The summed E-state index contributed by atoms with van der Waals surface area (Å²) in [7, 11) is 0. The third-order valence-corrected chi connectivity index (χ3v) is 2.60. The molecule has 0 amide bonds. The average molecular weight is 317 g/mol. The Morgan fingerprint density at radius 3 is 2.21 bits per heavy atom. The Balaban J connectivity index is 2.40. The van der Waals surface area contributed by atoms with E-state index in [9.17, 15) is 0 Å². The molecule has 0 unspecified atom stereocenters. The van der Waals surface area contributed by atoms with E-state index in [1.54, 1.807) is 0 Å². The van der Waals surface area contributed by atoms with Crippen molar-refractivity contribution in [3.63, 3.8) is 0 Å². The zero-order valence-electron chi connectivity index (χ0n) is 7.11. The number of rotatable bonds is 1. The molecular formula is C10H6ClIN2. The van der Waals surface area contributed by atoms with Gasteiger partial charge in [-0.1, -0.05) is 23.7 Å². The van der Waals surface area contributed by atoms with Crippen LogP contribution in [0.5, 0.6) is 0 Å². The van der Waals surface area contributed by atoms with Crippen LogP contribution in [0.1, 0.15) is 0 Å².